The fourth-order valence-corrected chi connectivity index (χ4v) is 5.61. The predicted octanol–water partition coefficient (Wildman–Crippen LogP) is 6.52. The third-order valence-corrected chi connectivity index (χ3v) is 7.06. The lowest BCUT2D eigenvalue weighted by Crippen LogP contribution is -2.37. The van der Waals surface area contributed by atoms with Gasteiger partial charge in [0.1, 0.15) is 11.5 Å². The molecule has 4 nitrogen and oxygen atoms in total. The predicted molar refractivity (Wildman–Crippen MR) is 132 cm³/mol. The van der Waals surface area contributed by atoms with Crippen molar-refractivity contribution in [3.63, 3.8) is 0 Å². The van der Waals surface area contributed by atoms with E-state index in [0.29, 0.717) is 23.3 Å². The highest BCUT2D eigenvalue weighted by Gasteiger charge is 2.50. The van der Waals surface area contributed by atoms with Crippen LogP contribution in [0.15, 0.2) is 95.1 Å². The molecule has 0 saturated carbocycles. The lowest BCUT2D eigenvalue weighted by Gasteiger charge is -2.38. The molecule has 3 aliphatic rings. The number of nitrogens with zero attached hydrogens (tertiary/aromatic N) is 1. The molecule has 0 bridgehead atoms. The van der Waals surface area contributed by atoms with E-state index in [1.807, 2.05) is 78.9 Å². The zero-order valence-corrected chi connectivity index (χ0v) is 19.2. The molecule has 0 fully saturated rings. The monoisotopic (exact) mass is 447 g/mol. The van der Waals surface area contributed by atoms with Crippen molar-refractivity contribution in [1.82, 2.24) is 0 Å². The lowest BCUT2D eigenvalue weighted by atomic mass is 9.66. The van der Waals surface area contributed by atoms with E-state index in [-0.39, 0.29) is 22.9 Å². The Hall–Kier alpha value is -3.79. The standard InChI is InChI=1S/C30H25NO3/c1-30(2)16-23-26(24(32)17-30)25(27-28(31-23)21-10-6-7-11-22(21)29(27)33)18-12-14-20(15-13-18)34-19-8-4-3-5-9-19/h3-15,25,27H,16-17H2,1-2H3/t25-,27-/m1/s1. The smallest absolute Gasteiger partial charge is 0.173 e. The molecule has 4 heteroatoms. The summed E-state index contributed by atoms with van der Waals surface area (Å²) in [5.41, 5.74) is 4.75. The van der Waals surface area contributed by atoms with Crippen LogP contribution in [0.5, 0.6) is 11.5 Å². The van der Waals surface area contributed by atoms with Crippen molar-refractivity contribution in [3.05, 3.63) is 107 Å². The highest BCUT2D eigenvalue weighted by Crippen LogP contribution is 2.51. The van der Waals surface area contributed by atoms with Gasteiger partial charge in [-0.05, 0) is 41.7 Å². The summed E-state index contributed by atoms with van der Waals surface area (Å²) < 4.78 is 5.96. The maximum Gasteiger partial charge on any atom is 0.173 e. The molecule has 0 spiro atoms. The minimum absolute atomic E-state index is 0.0492. The van der Waals surface area contributed by atoms with E-state index in [0.717, 1.165) is 34.7 Å². The molecule has 0 N–H and O–H groups in total. The van der Waals surface area contributed by atoms with Gasteiger partial charge in [0.2, 0.25) is 0 Å². The van der Waals surface area contributed by atoms with Crippen LogP contribution in [-0.4, -0.2) is 17.3 Å². The van der Waals surface area contributed by atoms with E-state index in [1.165, 1.54) is 0 Å². The maximum atomic E-state index is 13.6. The van der Waals surface area contributed by atoms with Crippen LogP contribution in [0.4, 0.5) is 0 Å². The first-order valence-electron chi connectivity index (χ1n) is 11.7. The van der Waals surface area contributed by atoms with E-state index >= 15 is 0 Å². The molecule has 0 aromatic heterocycles. The molecule has 2 aliphatic carbocycles. The van der Waals surface area contributed by atoms with Crippen LogP contribution in [0.3, 0.4) is 0 Å². The van der Waals surface area contributed by atoms with Crippen LogP contribution in [-0.2, 0) is 4.79 Å². The van der Waals surface area contributed by atoms with E-state index in [4.69, 9.17) is 9.73 Å². The quantitative estimate of drug-likeness (QED) is 0.459. The molecular formula is C30H25NO3. The maximum absolute atomic E-state index is 13.6. The number of aliphatic imine (C=N–C) groups is 1. The van der Waals surface area contributed by atoms with Gasteiger partial charge >= 0.3 is 0 Å². The molecule has 6 rings (SSSR count). The summed E-state index contributed by atoms with van der Waals surface area (Å²) in [6, 6.07) is 25.1. The van der Waals surface area contributed by atoms with Gasteiger partial charge in [-0.2, -0.15) is 0 Å². The second-order valence-electron chi connectivity index (χ2n) is 10.1. The van der Waals surface area contributed by atoms with Gasteiger partial charge < -0.3 is 4.74 Å². The minimum Gasteiger partial charge on any atom is -0.457 e. The molecule has 1 aliphatic heterocycles. The van der Waals surface area contributed by atoms with Crippen molar-refractivity contribution in [1.29, 1.82) is 0 Å². The number of ketones is 2. The lowest BCUT2D eigenvalue weighted by molar-refractivity contribution is -0.118. The van der Waals surface area contributed by atoms with Crippen molar-refractivity contribution in [2.75, 3.05) is 0 Å². The van der Waals surface area contributed by atoms with Crippen molar-refractivity contribution in [2.24, 2.45) is 16.3 Å². The van der Waals surface area contributed by atoms with Crippen LogP contribution in [0.1, 0.15) is 54.1 Å². The molecule has 34 heavy (non-hydrogen) atoms. The summed E-state index contributed by atoms with van der Waals surface area (Å²) in [5, 5.41) is 0. The molecule has 2 atom stereocenters. The highest BCUT2D eigenvalue weighted by atomic mass is 16.5. The van der Waals surface area contributed by atoms with Gasteiger partial charge in [0.25, 0.3) is 0 Å². The zero-order chi connectivity index (χ0) is 23.4. The third-order valence-electron chi connectivity index (χ3n) is 7.06. The Morgan fingerprint density at radius 1 is 0.765 bits per heavy atom. The number of hydrogen-bond donors (Lipinski definition) is 0. The first-order valence-corrected chi connectivity index (χ1v) is 11.7. The number of allylic oxidation sites excluding steroid dienone is 2. The number of para-hydroxylation sites is 1. The number of ether oxygens (including phenoxy) is 1. The number of hydrogen-bond acceptors (Lipinski definition) is 4. The van der Waals surface area contributed by atoms with Gasteiger partial charge in [-0.15, -0.1) is 0 Å². The van der Waals surface area contributed by atoms with Gasteiger partial charge in [-0.25, -0.2) is 0 Å². The number of carbonyl (C=O) groups excluding carboxylic acids is 2. The summed E-state index contributed by atoms with van der Waals surface area (Å²) in [5.74, 6) is 0.823. The number of rotatable bonds is 3. The molecule has 3 aromatic carbocycles. The Bertz CT molecular complexity index is 1380. The number of fused-ring (bicyclic) bond motifs is 3. The fraction of sp³-hybridized carbons (Fsp3) is 0.233. The van der Waals surface area contributed by atoms with Crippen LogP contribution in [0, 0.1) is 11.3 Å². The summed E-state index contributed by atoms with van der Waals surface area (Å²) in [4.78, 5) is 32.0. The van der Waals surface area contributed by atoms with E-state index in [2.05, 4.69) is 13.8 Å². The second kappa shape index (κ2) is 7.63. The highest BCUT2D eigenvalue weighted by molar-refractivity contribution is 6.30. The van der Waals surface area contributed by atoms with E-state index in [9.17, 15) is 9.59 Å². The van der Waals surface area contributed by atoms with Crippen LogP contribution in [0.25, 0.3) is 0 Å². The van der Waals surface area contributed by atoms with Crippen LogP contribution >= 0.6 is 0 Å². The molecular weight excluding hydrogens is 422 g/mol. The summed E-state index contributed by atoms with van der Waals surface area (Å²) in [6.45, 7) is 4.22. The molecule has 3 aromatic rings. The zero-order valence-electron chi connectivity index (χ0n) is 19.2. The first-order chi connectivity index (χ1) is 16.4. The average Bonchev–Trinajstić information content (AvgIpc) is 3.10. The number of carbonyl (C=O) groups is 2. The molecule has 0 unspecified atom stereocenters. The Balaban J connectivity index is 1.45. The Kier molecular flexibility index (Phi) is 4.66. The van der Waals surface area contributed by atoms with Crippen LogP contribution in [0.2, 0.25) is 0 Å². The topological polar surface area (TPSA) is 55.7 Å². The normalized spacial score (nSPS) is 22.6. The van der Waals surface area contributed by atoms with Gasteiger partial charge in [-0.1, -0.05) is 68.4 Å². The van der Waals surface area contributed by atoms with Crippen molar-refractivity contribution in [2.45, 2.75) is 32.6 Å². The third kappa shape index (κ3) is 3.33. The molecule has 0 amide bonds. The van der Waals surface area contributed by atoms with Gasteiger partial charge in [0.05, 0.1) is 11.6 Å². The van der Waals surface area contributed by atoms with Gasteiger partial charge in [-0.3, -0.25) is 14.6 Å². The molecule has 168 valence electrons. The molecule has 1 heterocycles. The largest absolute Gasteiger partial charge is 0.457 e. The van der Waals surface area contributed by atoms with E-state index < -0.39 is 5.92 Å². The summed E-state index contributed by atoms with van der Waals surface area (Å²) in [6.07, 6.45) is 1.20. The Morgan fingerprint density at radius 3 is 2.15 bits per heavy atom. The molecule has 0 radical (unpaired) electrons. The fourth-order valence-electron chi connectivity index (χ4n) is 5.61. The Labute approximate surface area is 199 Å². The average molecular weight is 448 g/mol. The molecule has 0 saturated heterocycles. The van der Waals surface area contributed by atoms with Gasteiger partial charge in [0.15, 0.2) is 11.6 Å². The first kappa shape index (κ1) is 20.8. The van der Waals surface area contributed by atoms with Crippen molar-refractivity contribution in [3.8, 4) is 11.5 Å². The Morgan fingerprint density at radius 2 is 1.41 bits per heavy atom. The second-order valence-corrected chi connectivity index (χ2v) is 10.1. The number of benzene rings is 3. The minimum atomic E-state index is -0.470. The number of Topliss-reactive ketones (excluding diaryl/α,β-unsaturated/α-hetero) is 2. The summed E-state index contributed by atoms with van der Waals surface area (Å²) >= 11 is 0. The van der Waals surface area contributed by atoms with Gasteiger partial charge in [0, 0.05) is 34.7 Å². The van der Waals surface area contributed by atoms with Crippen LogP contribution < -0.4 is 4.74 Å². The van der Waals surface area contributed by atoms with E-state index in [1.54, 1.807) is 0 Å². The van der Waals surface area contributed by atoms with Crippen molar-refractivity contribution < 1.29 is 14.3 Å². The SMILES string of the molecule is CC1(C)CC(=O)C2=C(C1)N=C1c3ccccc3C(=O)[C@@H]1[C@@H]2c1ccc(Oc2ccccc2)cc1. The van der Waals surface area contributed by atoms with Crippen molar-refractivity contribution >= 4 is 17.3 Å². The summed E-state index contributed by atoms with van der Waals surface area (Å²) in [7, 11) is 0.